The Balaban J connectivity index is 1.74. The second kappa shape index (κ2) is 9.73. The van der Waals surface area contributed by atoms with Gasteiger partial charge >= 0.3 is 5.97 Å². The molecule has 3 rings (SSSR count). The highest BCUT2D eigenvalue weighted by Crippen LogP contribution is 2.23. The van der Waals surface area contributed by atoms with E-state index in [1.54, 1.807) is 26.2 Å². The number of aryl methyl sites for hydroxylation is 1. The molecule has 7 heteroatoms. The maximum atomic E-state index is 12.7. The fourth-order valence-electron chi connectivity index (χ4n) is 3.03. The van der Waals surface area contributed by atoms with E-state index in [2.05, 4.69) is 10.3 Å². The van der Waals surface area contributed by atoms with Crippen molar-refractivity contribution in [1.82, 2.24) is 10.3 Å². The molecule has 0 saturated carbocycles. The first kappa shape index (κ1) is 21.1. The third-order valence-electron chi connectivity index (χ3n) is 4.69. The maximum Gasteiger partial charge on any atom is 0.307 e. The molecule has 0 aliphatic heterocycles. The van der Waals surface area contributed by atoms with E-state index in [4.69, 9.17) is 13.9 Å². The normalized spacial score (nSPS) is 11.6. The van der Waals surface area contributed by atoms with Gasteiger partial charge in [-0.05, 0) is 36.8 Å². The number of nitrogens with one attached hydrogen (secondary N) is 1. The number of aromatic nitrogens is 1. The SMILES string of the molecule is COC(=O)CC(NC(=O)Cc1nc(-c2ccccc2)oc1C)c1ccc(OC)cc1. The number of nitrogens with zero attached hydrogens (tertiary/aromatic N) is 1. The van der Waals surface area contributed by atoms with Crippen molar-refractivity contribution in [3.63, 3.8) is 0 Å². The largest absolute Gasteiger partial charge is 0.497 e. The van der Waals surface area contributed by atoms with Crippen LogP contribution >= 0.6 is 0 Å². The molecule has 7 nitrogen and oxygen atoms in total. The number of benzene rings is 2. The van der Waals surface area contributed by atoms with Crippen LogP contribution in [0.2, 0.25) is 0 Å². The topological polar surface area (TPSA) is 90.7 Å². The van der Waals surface area contributed by atoms with Gasteiger partial charge in [-0.3, -0.25) is 9.59 Å². The van der Waals surface area contributed by atoms with Crippen molar-refractivity contribution in [2.45, 2.75) is 25.8 Å². The summed E-state index contributed by atoms with van der Waals surface area (Å²) in [5.41, 5.74) is 2.17. The average Bonchev–Trinajstić information content (AvgIpc) is 3.14. The third kappa shape index (κ3) is 5.26. The van der Waals surface area contributed by atoms with Crippen LogP contribution < -0.4 is 10.1 Å². The Labute approximate surface area is 175 Å². The molecule has 0 aliphatic rings. The number of methoxy groups -OCH3 is 2. The van der Waals surface area contributed by atoms with Gasteiger partial charge in [-0.25, -0.2) is 4.98 Å². The Morgan fingerprint density at radius 3 is 2.40 bits per heavy atom. The smallest absolute Gasteiger partial charge is 0.307 e. The first-order chi connectivity index (χ1) is 14.5. The molecule has 1 N–H and O–H groups in total. The van der Waals surface area contributed by atoms with Crippen LogP contribution in [0.15, 0.2) is 59.0 Å². The molecule has 1 unspecified atom stereocenters. The zero-order valence-corrected chi connectivity index (χ0v) is 17.2. The van der Waals surface area contributed by atoms with E-state index in [1.165, 1.54) is 7.11 Å². The summed E-state index contributed by atoms with van der Waals surface area (Å²) in [6, 6.07) is 16.1. The Kier molecular flexibility index (Phi) is 6.85. The molecule has 30 heavy (non-hydrogen) atoms. The van der Waals surface area contributed by atoms with Crippen molar-refractivity contribution in [1.29, 1.82) is 0 Å². The molecule has 1 heterocycles. The lowest BCUT2D eigenvalue weighted by atomic mass is 10.0. The molecule has 1 atom stereocenters. The van der Waals surface area contributed by atoms with E-state index >= 15 is 0 Å². The fraction of sp³-hybridized carbons (Fsp3) is 0.261. The zero-order valence-electron chi connectivity index (χ0n) is 17.2. The van der Waals surface area contributed by atoms with Crippen molar-refractivity contribution in [2.75, 3.05) is 14.2 Å². The molecule has 0 radical (unpaired) electrons. The summed E-state index contributed by atoms with van der Waals surface area (Å²) >= 11 is 0. The maximum absolute atomic E-state index is 12.7. The van der Waals surface area contributed by atoms with E-state index in [0.29, 0.717) is 23.1 Å². The van der Waals surface area contributed by atoms with Gasteiger partial charge in [0.2, 0.25) is 11.8 Å². The molecule has 0 aliphatic carbocycles. The number of rotatable bonds is 8. The van der Waals surface area contributed by atoms with E-state index in [9.17, 15) is 9.59 Å². The van der Waals surface area contributed by atoms with Crippen LogP contribution in [0.25, 0.3) is 11.5 Å². The van der Waals surface area contributed by atoms with E-state index in [-0.39, 0.29) is 18.7 Å². The molecular formula is C23H24N2O5. The van der Waals surface area contributed by atoms with E-state index < -0.39 is 12.0 Å². The highest BCUT2D eigenvalue weighted by Gasteiger charge is 2.21. The predicted molar refractivity (Wildman–Crippen MR) is 111 cm³/mol. The second-order valence-corrected chi connectivity index (χ2v) is 6.74. The second-order valence-electron chi connectivity index (χ2n) is 6.74. The van der Waals surface area contributed by atoms with Crippen molar-refractivity contribution in [3.8, 4) is 17.2 Å². The number of hydrogen-bond acceptors (Lipinski definition) is 6. The minimum absolute atomic E-state index is 0.0155. The van der Waals surface area contributed by atoms with Crippen molar-refractivity contribution in [3.05, 3.63) is 71.6 Å². The van der Waals surface area contributed by atoms with Gasteiger partial charge in [-0.1, -0.05) is 30.3 Å². The summed E-state index contributed by atoms with van der Waals surface area (Å²) < 4.78 is 15.7. The lowest BCUT2D eigenvalue weighted by molar-refractivity contribution is -0.141. The number of ether oxygens (including phenoxy) is 2. The van der Waals surface area contributed by atoms with Crippen LogP contribution in [-0.2, 0) is 20.7 Å². The minimum atomic E-state index is -0.531. The van der Waals surface area contributed by atoms with Gasteiger partial charge in [0.05, 0.1) is 38.8 Å². The van der Waals surface area contributed by atoms with E-state index in [1.807, 2.05) is 42.5 Å². The van der Waals surface area contributed by atoms with Crippen LogP contribution in [-0.4, -0.2) is 31.1 Å². The molecule has 0 saturated heterocycles. The molecule has 0 spiro atoms. The molecule has 0 bridgehead atoms. The Hall–Kier alpha value is -3.61. The predicted octanol–water partition coefficient (Wildman–Crippen LogP) is 3.62. The molecule has 3 aromatic rings. The standard InChI is InChI=1S/C23H24N2O5/c1-15-19(25-23(30-15)17-7-5-4-6-8-17)13-21(26)24-20(14-22(27)29-3)16-9-11-18(28-2)12-10-16/h4-12,20H,13-14H2,1-3H3,(H,24,26). The highest BCUT2D eigenvalue weighted by molar-refractivity contribution is 5.80. The number of oxazole rings is 1. The van der Waals surface area contributed by atoms with Crippen molar-refractivity contribution in [2.24, 2.45) is 0 Å². The number of carbonyl (C=O) groups is 2. The van der Waals surface area contributed by atoms with Gasteiger partial charge in [0.1, 0.15) is 11.5 Å². The van der Waals surface area contributed by atoms with Gasteiger partial charge in [0.25, 0.3) is 0 Å². The lowest BCUT2D eigenvalue weighted by Crippen LogP contribution is -2.31. The lowest BCUT2D eigenvalue weighted by Gasteiger charge is -2.18. The van der Waals surface area contributed by atoms with Gasteiger partial charge in [-0.2, -0.15) is 0 Å². The van der Waals surface area contributed by atoms with Crippen LogP contribution in [0.3, 0.4) is 0 Å². The monoisotopic (exact) mass is 408 g/mol. The summed E-state index contributed by atoms with van der Waals surface area (Å²) in [7, 11) is 2.89. The van der Waals surface area contributed by atoms with Gasteiger partial charge in [0.15, 0.2) is 0 Å². The Morgan fingerprint density at radius 2 is 1.77 bits per heavy atom. The van der Waals surface area contributed by atoms with Gasteiger partial charge in [0, 0.05) is 5.56 Å². The number of esters is 1. The summed E-state index contributed by atoms with van der Waals surface area (Å²) in [4.78, 5) is 29.0. The fourth-order valence-corrected chi connectivity index (χ4v) is 3.03. The quantitative estimate of drug-likeness (QED) is 0.573. The van der Waals surface area contributed by atoms with Crippen LogP contribution in [0, 0.1) is 6.92 Å². The third-order valence-corrected chi connectivity index (χ3v) is 4.69. The summed E-state index contributed by atoms with van der Waals surface area (Å²) in [6.45, 7) is 1.78. The molecule has 0 fully saturated rings. The zero-order chi connectivity index (χ0) is 21.5. The van der Waals surface area contributed by atoms with E-state index in [0.717, 1.165) is 11.1 Å². The summed E-state index contributed by atoms with van der Waals surface area (Å²) in [5, 5.41) is 2.90. The van der Waals surface area contributed by atoms with Gasteiger partial charge in [-0.15, -0.1) is 0 Å². The minimum Gasteiger partial charge on any atom is -0.497 e. The number of carbonyl (C=O) groups excluding carboxylic acids is 2. The Bertz CT molecular complexity index is 996. The summed E-state index contributed by atoms with van der Waals surface area (Å²) in [5.74, 6) is 1.06. The van der Waals surface area contributed by atoms with Crippen LogP contribution in [0.1, 0.15) is 29.5 Å². The number of amides is 1. The highest BCUT2D eigenvalue weighted by atomic mass is 16.5. The molecule has 2 aromatic carbocycles. The first-order valence-electron chi connectivity index (χ1n) is 9.52. The molecule has 1 aromatic heterocycles. The van der Waals surface area contributed by atoms with Gasteiger partial charge < -0.3 is 19.2 Å². The Morgan fingerprint density at radius 1 is 1.07 bits per heavy atom. The van der Waals surface area contributed by atoms with Crippen LogP contribution in [0.4, 0.5) is 0 Å². The molecule has 156 valence electrons. The average molecular weight is 408 g/mol. The van der Waals surface area contributed by atoms with Crippen LogP contribution in [0.5, 0.6) is 5.75 Å². The van der Waals surface area contributed by atoms with Crippen molar-refractivity contribution >= 4 is 11.9 Å². The number of hydrogen-bond donors (Lipinski definition) is 1. The molecule has 1 amide bonds. The molecular weight excluding hydrogens is 384 g/mol. The van der Waals surface area contributed by atoms with Crippen molar-refractivity contribution < 1.29 is 23.5 Å². The summed E-state index contributed by atoms with van der Waals surface area (Å²) in [6.07, 6.45) is 0.0532. The first-order valence-corrected chi connectivity index (χ1v) is 9.52.